The zero-order valence-electron chi connectivity index (χ0n) is 11.3. The average molecular weight is 403 g/mol. The molecule has 1 heterocycles. The molecule has 0 saturated heterocycles. The standard InChI is InChI=1S/C13H9BrClN3O5/c14-7-3-10(16-5-7)13(20)23-6-12(19)17-9-2-1-8(15)4-11(9)18(21)22/h1-5,16H,6H2,(H,17,19). The van der Waals surface area contributed by atoms with Crippen LogP contribution in [0.5, 0.6) is 0 Å². The van der Waals surface area contributed by atoms with Crippen LogP contribution in [0.1, 0.15) is 10.5 Å². The Morgan fingerprint density at radius 2 is 2.13 bits per heavy atom. The molecule has 8 nitrogen and oxygen atoms in total. The summed E-state index contributed by atoms with van der Waals surface area (Å²) in [7, 11) is 0. The summed E-state index contributed by atoms with van der Waals surface area (Å²) in [5.74, 6) is -1.44. The third kappa shape index (κ3) is 4.54. The minimum atomic E-state index is -0.726. The molecule has 1 amide bonds. The molecule has 10 heteroatoms. The number of aromatic nitrogens is 1. The Morgan fingerprint density at radius 3 is 2.74 bits per heavy atom. The molecule has 120 valence electrons. The van der Waals surface area contributed by atoms with E-state index in [4.69, 9.17) is 16.3 Å². The van der Waals surface area contributed by atoms with Gasteiger partial charge in [0.15, 0.2) is 6.61 Å². The molecule has 0 aliphatic carbocycles. The van der Waals surface area contributed by atoms with Gasteiger partial charge in [0.25, 0.3) is 11.6 Å². The smallest absolute Gasteiger partial charge is 0.355 e. The first-order valence-corrected chi connectivity index (χ1v) is 7.29. The maximum absolute atomic E-state index is 11.7. The number of rotatable bonds is 5. The van der Waals surface area contributed by atoms with E-state index in [1.165, 1.54) is 24.4 Å². The Morgan fingerprint density at radius 1 is 1.39 bits per heavy atom. The number of nitrogens with one attached hydrogen (secondary N) is 2. The zero-order valence-corrected chi connectivity index (χ0v) is 13.7. The van der Waals surface area contributed by atoms with Gasteiger partial charge in [-0.05, 0) is 34.1 Å². The van der Waals surface area contributed by atoms with Gasteiger partial charge >= 0.3 is 5.97 Å². The van der Waals surface area contributed by atoms with Gasteiger partial charge in [-0.25, -0.2) is 4.79 Å². The first-order chi connectivity index (χ1) is 10.9. The highest BCUT2D eigenvalue weighted by molar-refractivity contribution is 9.10. The van der Waals surface area contributed by atoms with E-state index in [0.29, 0.717) is 4.47 Å². The fourth-order valence-electron chi connectivity index (χ4n) is 1.64. The van der Waals surface area contributed by atoms with Gasteiger partial charge in [-0.1, -0.05) is 11.6 Å². The number of anilines is 1. The van der Waals surface area contributed by atoms with Crippen molar-refractivity contribution in [2.75, 3.05) is 11.9 Å². The van der Waals surface area contributed by atoms with Gasteiger partial charge in [0.05, 0.1) is 4.92 Å². The summed E-state index contributed by atoms with van der Waals surface area (Å²) in [6.45, 7) is -0.588. The number of H-pyrrole nitrogens is 1. The molecule has 2 rings (SSSR count). The maximum atomic E-state index is 11.7. The summed E-state index contributed by atoms with van der Waals surface area (Å²) in [5.41, 5.74) is -0.226. The number of nitro benzene ring substituents is 1. The average Bonchev–Trinajstić information content (AvgIpc) is 2.93. The van der Waals surface area contributed by atoms with E-state index in [-0.39, 0.29) is 22.1 Å². The molecule has 0 bridgehead atoms. The van der Waals surface area contributed by atoms with Crippen molar-refractivity contribution < 1.29 is 19.2 Å². The van der Waals surface area contributed by atoms with Gasteiger partial charge in [-0.2, -0.15) is 0 Å². The number of nitro groups is 1. The lowest BCUT2D eigenvalue weighted by atomic mass is 10.2. The third-order valence-electron chi connectivity index (χ3n) is 2.63. The zero-order chi connectivity index (χ0) is 17.0. The fraction of sp³-hybridized carbons (Fsp3) is 0.0769. The van der Waals surface area contributed by atoms with Crippen molar-refractivity contribution in [3.05, 3.63) is 55.8 Å². The van der Waals surface area contributed by atoms with Gasteiger partial charge in [0.2, 0.25) is 0 Å². The molecule has 0 aliphatic heterocycles. The van der Waals surface area contributed by atoms with E-state index in [1.807, 2.05) is 0 Å². The Hall–Kier alpha value is -2.39. The molecular formula is C13H9BrClN3O5. The Bertz CT molecular complexity index is 777. The minimum Gasteiger partial charge on any atom is -0.451 e. The van der Waals surface area contributed by atoms with E-state index >= 15 is 0 Å². The van der Waals surface area contributed by atoms with Crippen LogP contribution in [-0.2, 0) is 9.53 Å². The molecule has 0 spiro atoms. The molecule has 0 atom stereocenters. The number of carbonyl (C=O) groups is 2. The van der Waals surface area contributed by atoms with E-state index in [2.05, 4.69) is 26.2 Å². The quantitative estimate of drug-likeness (QED) is 0.453. The van der Waals surface area contributed by atoms with Crippen LogP contribution in [0.2, 0.25) is 5.02 Å². The topological polar surface area (TPSA) is 114 Å². The van der Waals surface area contributed by atoms with Crippen molar-refractivity contribution >= 4 is 50.8 Å². The lowest BCUT2D eigenvalue weighted by Gasteiger charge is -2.07. The molecule has 2 N–H and O–H groups in total. The number of amides is 1. The number of nitrogens with zero attached hydrogens (tertiary/aromatic N) is 1. The largest absolute Gasteiger partial charge is 0.451 e. The van der Waals surface area contributed by atoms with Crippen molar-refractivity contribution in [1.82, 2.24) is 4.98 Å². The first-order valence-electron chi connectivity index (χ1n) is 6.11. The summed E-state index contributed by atoms with van der Waals surface area (Å²) >= 11 is 8.84. The third-order valence-corrected chi connectivity index (χ3v) is 3.33. The molecule has 0 fully saturated rings. The molecule has 23 heavy (non-hydrogen) atoms. The lowest BCUT2D eigenvalue weighted by molar-refractivity contribution is -0.383. The van der Waals surface area contributed by atoms with Gasteiger partial charge in [0.1, 0.15) is 11.4 Å². The maximum Gasteiger partial charge on any atom is 0.355 e. The molecule has 1 aromatic heterocycles. The molecule has 0 saturated carbocycles. The second-order valence-electron chi connectivity index (χ2n) is 4.27. The van der Waals surface area contributed by atoms with Gasteiger partial charge in [-0.15, -0.1) is 0 Å². The highest BCUT2D eigenvalue weighted by Gasteiger charge is 2.18. The van der Waals surface area contributed by atoms with Crippen molar-refractivity contribution in [2.24, 2.45) is 0 Å². The van der Waals surface area contributed by atoms with Crippen molar-refractivity contribution in [3.63, 3.8) is 0 Å². The van der Waals surface area contributed by atoms with Crippen LogP contribution < -0.4 is 5.32 Å². The number of benzene rings is 1. The summed E-state index contributed by atoms with van der Waals surface area (Å²) in [6, 6.07) is 5.29. The Labute approximate surface area is 143 Å². The van der Waals surface area contributed by atoms with Crippen molar-refractivity contribution in [1.29, 1.82) is 0 Å². The molecular weight excluding hydrogens is 394 g/mol. The minimum absolute atomic E-state index is 0.0388. The van der Waals surface area contributed by atoms with Gasteiger partial charge in [-0.3, -0.25) is 14.9 Å². The second kappa shape index (κ2) is 7.25. The van der Waals surface area contributed by atoms with Crippen LogP contribution in [0.4, 0.5) is 11.4 Å². The van der Waals surface area contributed by atoms with Crippen LogP contribution >= 0.6 is 27.5 Å². The fourth-order valence-corrected chi connectivity index (χ4v) is 2.15. The molecule has 2 aromatic rings. The van der Waals surface area contributed by atoms with Crippen LogP contribution in [0.25, 0.3) is 0 Å². The van der Waals surface area contributed by atoms with Crippen molar-refractivity contribution in [2.45, 2.75) is 0 Å². The summed E-state index contributed by atoms with van der Waals surface area (Å²) in [4.78, 5) is 36.3. The van der Waals surface area contributed by atoms with Crippen LogP contribution in [-0.4, -0.2) is 28.4 Å². The summed E-state index contributed by atoms with van der Waals surface area (Å²) in [6.07, 6.45) is 1.54. The highest BCUT2D eigenvalue weighted by atomic mass is 79.9. The normalized spacial score (nSPS) is 10.2. The van der Waals surface area contributed by atoms with E-state index in [9.17, 15) is 19.7 Å². The van der Waals surface area contributed by atoms with E-state index < -0.39 is 23.4 Å². The SMILES string of the molecule is O=C(COC(=O)c1cc(Br)c[nH]1)Nc1ccc(Cl)cc1[N+](=O)[O-]. The molecule has 0 radical (unpaired) electrons. The Balaban J connectivity index is 1.97. The van der Waals surface area contributed by atoms with Crippen LogP contribution in [0.3, 0.4) is 0 Å². The van der Waals surface area contributed by atoms with Crippen LogP contribution in [0, 0.1) is 10.1 Å². The number of esters is 1. The number of carbonyl (C=O) groups excluding carboxylic acids is 2. The van der Waals surface area contributed by atoms with Crippen LogP contribution in [0.15, 0.2) is 34.9 Å². The number of halogens is 2. The molecule has 1 aromatic carbocycles. The Kier molecular flexibility index (Phi) is 5.35. The monoisotopic (exact) mass is 401 g/mol. The molecule has 0 unspecified atom stereocenters. The number of hydrogen-bond acceptors (Lipinski definition) is 5. The van der Waals surface area contributed by atoms with Gasteiger partial charge < -0.3 is 15.0 Å². The second-order valence-corrected chi connectivity index (χ2v) is 5.63. The predicted molar refractivity (Wildman–Crippen MR) is 85.5 cm³/mol. The molecule has 0 aliphatic rings. The highest BCUT2D eigenvalue weighted by Crippen LogP contribution is 2.27. The summed E-state index contributed by atoms with van der Waals surface area (Å²) in [5, 5.41) is 13.4. The van der Waals surface area contributed by atoms with Crippen molar-refractivity contribution in [3.8, 4) is 0 Å². The number of ether oxygens (including phenoxy) is 1. The number of aromatic amines is 1. The van der Waals surface area contributed by atoms with E-state index in [1.54, 1.807) is 0 Å². The predicted octanol–water partition coefficient (Wildman–Crippen LogP) is 3.13. The van der Waals surface area contributed by atoms with Gasteiger partial charge in [0, 0.05) is 21.8 Å². The number of hydrogen-bond donors (Lipinski definition) is 2. The lowest BCUT2D eigenvalue weighted by Crippen LogP contribution is -2.21. The van der Waals surface area contributed by atoms with E-state index in [0.717, 1.165) is 6.07 Å². The first kappa shape index (κ1) is 17.0. The summed E-state index contributed by atoms with van der Waals surface area (Å²) < 4.78 is 5.46.